The van der Waals surface area contributed by atoms with Gasteiger partial charge < -0.3 is 28.4 Å². The molecule has 3 heterocycles. The van der Waals surface area contributed by atoms with Crippen LogP contribution >= 0.6 is 0 Å². The molecule has 0 radical (unpaired) electrons. The Kier molecular flexibility index (Phi) is 9.26. The van der Waals surface area contributed by atoms with Crippen molar-refractivity contribution in [1.29, 1.82) is 0 Å². The fourth-order valence-electron chi connectivity index (χ4n) is 4.95. The molecule has 1 saturated carbocycles. The van der Waals surface area contributed by atoms with Gasteiger partial charge in [0, 0.05) is 0 Å². The first-order valence-electron chi connectivity index (χ1n) is 14.3. The van der Waals surface area contributed by atoms with Gasteiger partial charge in [0.05, 0.1) is 10.8 Å². The summed E-state index contributed by atoms with van der Waals surface area (Å²) in [6.07, 6.45) is 4.73. The van der Waals surface area contributed by atoms with E-state index in [-0.39, 0.29) is 17.0 Å². The molecule has 9 nitrogen and oxygen atoms in total. The highest BCUT2D eigenvalue weighted by molar-refractivity contribution is 5.84. The SMILES string of the molecule is CCC(C)(C)C(=O)OC1C(=O)OC2C3OC(C)(C)OC3OC12.CCC1(OC(=O)C(C)(C)CC)CCCCC1. The molecular formula is C29H48O9. The maximum atomic E-state index is 12.2. The van der Waals surface area contributed by atoms with Crippen molar-refractivity contribution < 1.29 is 42.8 Å². The molecular weight excluding hydrogens is 492 g/mol. The van der Waals surface area contributed by atoms with E-state index in [4.69, 9.17) is 28.4 Å². The molecule has 0 aromatic heterocycles. The van der Waals surface area contributed by atoms with Gasteiger partial charge in [0.15, 0.2) is 24.3 Å². The lowest BCUT2D eigenvalue weighted by Crippen LogP contribution is -2.40. The predicted molar refractivity (Wildman–Crippen MR) is 139 cm³/mol. The second-order valence-electron chi connectivity index (χ2n) is 12.8. The van der Waals surface area contributed by atoms with Gasteiger partial charge in [-0.1, -0.05) is 27.2 Å². The zero-order valence-corrected chi connectivity index (χ0v) is 24.7. The van der Waals surface area contributed by atoms with E-state index in [2.05, 4.69) is 6.92 Å². The Balaban J connectivity index is 0.000000223. The van der Waals surface area contributed by atoms with Crippen LogP contribution in [0.5, 0.6) is 0 Å². The third-order valence-electron chi connectivity index (χ3n) is 8.64. The van der Waals surface area contributed by atoms with E-state index in [1.54, 1.807) is 27.7 Å². The quantitative estimate of drug-likeness (QED) is 0.317. The molecule has 4 rings (SSSR count). The predicted octanol–water partition coefficient (Wildman–Crippen LogP) is 5.21. The third kappa shape index (κ3) is 6.53. The molecule has 0 aromatic carbocycles. The van der Waals surface area contributed by atoms with E-state index in [1.165, 1.54) is 19.3 Å². The second-order valence-corrected chi connectivity index (χ2v) is 12.8. The maximum Gasteiger partial charge on any atom is 0.350 e. The maximum absolute atomic E-state index is 12.2. The van der Waals surface area contributed by atoms with Crippen molar-refractivity contribution >= 4 is 17.9 Å². The van der Waals surface area contributed by atoms with Crippen LogP contribution in [0.4, 0.5) is 0 Å². The molecule has 5 unspecified atom stereocenters. The average Bonchev–Trinajstić information content (AvgIpc) is 3.45. The van der Waals surface area contributed by atoms with Crippen molar-refractivity contribution in [3.8, 4) is 0 Å². The van der Waals surface area contributed by atoms with Gasteiger partial charge in [0.2, 0.25) is 6.10 Å². The highest BCUT2D eigenvalue weighted by Gasteiger charge is 2.64. The van der Waals surface area contributed by atoms with Crippen molar-refractivity contribution in [1.82, 2.24) is 0 Å². The van der Waals surface area contributed by atoms with Gasteiger partial charge in [-0.05, 0) is 86.5 Å². The summed E-state index contributed by atoms with van der Waals surface area (Å²) in [5.74, 6) is -1.84. The molecule has 3 aliphatic heterocycles. The van der Waals surface area contributed by atoms with Gasteiger partial charge in [0.1, 0.15) is 11.7 Å². The molecule has 9 heteroatoms. The number of esters is 3. The Morgan fingerprint density at radius 2 is 1.45 bits per heavy atom. The minimum atomic E-state index is -1.07. The summed E-state index contributed by atoms with van der Waals surface area (Å²) >= 11 is 0. The molecule has 3 saturated heterocycles. The monoisotopic (exact) mass is 540 g/mol. The number of hydrogen-bond donors (Lipinski definition) is 0. The Bertz CT molecular complexity index is 871. The van der Waals surface area contributed by atoms with E-state index in [1.807, 2.05) is 27.7 Å². The first-order valence-corrected chi connectivity index (χ1v) is 14.3. The number of rotatable bonds is 7. The molecule has 0 aromatic rings. The van der Waals surface area contributed by atoms with Crippen LogP contribution in [0, 0.1) is 10.8 Å². The molecule has 38 heavy (non-hydrogen) atoms. The van der Waals surface area contributed by atoms with Crippen molar-refractivity contribution in [2.24, 2.45) is 10.8 Å². The van der Waals surface area contributed by atoms with E-state index in [9.17, 15) is 14.4 Å². The largest absolute Gasteiger partial charge is 0.459 e. The molecule has 0 spiro atoms. The van der Waals surface area contributed by atoms with Crippen molar-refractivity contribution in [3.63, 3.8) is 0 Å². The summed E-state index contributed by atoms with van der Waals surface area (Å²) < 4.78 is 33.5. The molecule has 1 aliphatic carbocycles. The Hall–Kier alpha value is -1.71. The Morgan fingerprint density at radius 3 is 2.00 bits per heavy atom. The van der Waals surface area contributed by atoms with Gasteiger partial charge in [-0.3, -0.25) is 9.59 Å². The van der Waals surface area contributed by atoms with Crippen LogP contribution in [0.1, 0.15) is 114 Å². The minimum Gasteiger partial charge on any atom is -0.459 e. The van der Waals surface area contributed by atoms with Crippen LogP contribution in [0.25, 0.3) is 0 Å². The summed E-state index contributed by atoms with van der Waals surface area (Å²) in [6.45, 7) is 17.1. The first kappa shape index (κ1) is 30.8. The van der Waals surface area contributed by atoms with Gasteiger partial charge in [0.25, 0.3) is 0 Å². The Morgan fingerprint density at radius 1 is 0.868 bits per heavy atom. The molecule has 0 bridgehead atoms. The summed E-state index contributed by atoms with van der Waals surface area (Å²) in [6, 6.07) is 0. The zero-order chi connectivity index (χ0) is 28.5. The fraction of sp³-hybridized carbons (Fsp3) is 0.897. The van der Waals surface area contributed by atoms with Crippen molar-refractivity contribution in [2.75, 3.05) is 0 Å². The number of carbonyl (C=O) groups excluding carboxylic acids is 3. The molecule has 0 N–H and O–H groups in total. The number of fused-ring (bicyclic) bond motifs is 3. The second kappa shape index (κ2) is 11.4. The van der Waals surface area contributed by atoms with E-state index in [0.717, 1.165) is 25.7 Å². The number of ether oxygens (including phenoxy) is 6. The van der Waals surface area contributed by atoms with E-state index < -0.39 is 53.8 Å². The topological polar surface area (TPSA) is 107 Å². The first-order chi connectivity index (χ1) is 17.6. The standard InChI is InChI=1S/C15H22O7.C14H26O2/c1-6-14(2,3)13(17)20-9-7-8(18-11(9)16)10-12(19-7)22-15(4,5)21-10;1-5-13(3,4)12(15)16-14(6-2)10-8-7-9-11-14/h7-10,12H,6H2,1-5H3;5-11H2,1-4H3. The zero-order valence-electron chi connectivity index (χ0n) is 24.7. The lowest BCUT2D eigenvalue weighted by molar-refractivity contribution is -0.217. The summed E-state index contributed by atoms with van der Waals surface area (Å²) in [5.41, 5.74) is -1.15. The summed E-state index contributed by atoms with van der Waals surface area (Å²) in [7, 11) is 0. The number of hydrogen-bond acceptors (Lipinski definition) is 9. The van der Waals surface area contributed by atoms with Crippen LogP contribution in [-0.4, -0.2) is 60.0 Å². The van der Waals surface area contributed by atoms with Crippen LogP contribution in [0.15, 0.2) is 0 Å². The Labute approximate surface area is 227 Å². The van der Waals surface area contributed by atoms with E-state index >= 15 is 0 Å². The van der Waals surface area contributed by atoms with Crippen LogP contribution in [0.2, 0.25) is 0 Å². The molecule has 0 amide bonds. The van der Waals surface area contributed by atoms with Gasteiger partial charge in [-0.15, -0.1) is 0 Å². The van der Waals surface area contributed by atoms with E-state index in [0.29, 0.717) is 6.42 Å². The van der Waals surface area contributed by atoms with Gasteiger partial charge in [-0.2, -0.15) is 0 Å². The number of carbonyl (C=O) groups is 3. The minimum absolute atomic E-state index is 0.0150. The van der Waals surface area contributed by atoms with Crippen LogP contribution < -0.4 is 0 Å². The lowest BCUT2D eigenvalue weighted by atomic mass is 9.82. The van der Waals surface area contributed by atoms with Crippen LogP contribution in [0.3, 0.4) is 0 Å². The molecule has 4 fully saturated rings. The van der Waals surface area contributed by atoms with Gasteiger partial charge >= 0.3 is 17.9 Å². The third-order valence-corrected chi connectivity index (χ3v) is 8.64. The van der Waals surface area contributed by atoms with Crippen molar-refractivity contribution in [2.45, 2.75) is 156 Å². The fourth-order valence-corrected chi connectivity index (χ4v) is 4.95. The molecule has 218 valence electrons. The van der Waals surface area contributed by atoms with Crippen molar-refractivity contribution in [3.05, 3.63) is 0 Å². The average molecular weight is 541 g/mol. The summed E-state index contributed by atoms with van der Waals surface area (Å²) in [5, 5.41) is 0. The normalized spacial score (nSPS) is 31.4. The molecule has 4 aliphatic rings. The lowest BCUT2D eigenvalue weighted by Gasteiger charge is -2.38. The molecule has 5 atom stereocenters. The van der Waals surface area contributed by atoms with Crippen LogP contribution in [-0.2, 0) is 42.8 Å². The highest BCUT2D eigenvalue weighted by atomic mass is 16.9. The smallest absolute Gasteiger partial charge is 0.350 e. The summed E-state index contributed by atoms with van der Waals surface area (Å²) in [4.78, 5) is 36.3. The van der Waals surface area contributed by atoms with Gasteiger partial charge in [-0.25, -0.2) is 4.79 Å². The highest BCUT2D eigenvalue weighted by Crippen LogP contribution is 2.43.